The Kier molecular flexibility index (Phi) is 2.82. The minimum Gasteiger partial charge on any atom is -0.369 e. The summed E-state index contributed by atoms with van der Waals surface area (Å²) in [7, 11) is 0. The van der Waals surface area contributed by atoms with Crippen LogP contribution in [0.3, 0.4) is 0 Å². The second-order valence-electron chi connectivity index (χ2n) is 3.30. The van der Waals surface area contributed by atoms with Crippen LogP contribution in [-0.4, -0.2) is 9.97 Å². The molecule has 1 heterocycles. The summed E-state index contributed by atoms with van der Waals surface area (Å²) < 4.78 is 0. The fraction of sp³-hybridized carbons (Fsp3) is 0. The summed E-state index contributed by atoms with van der Waals surface area (Å²) in [6.07, 6.45) is 3.63. The SMILES string of the molecule is Nc1nc(/C=C/c2ccccc2)cc(=O)[nH]1. The Morgan fingerprint density at radius 1 is 1.19 bits per heavy atom. The Bertz CT molecular complexity index is 558. The van der Waals surface area contributed by atoms with E-state index in [4.69, 9.17) is 5.73 Å². The highest BCUT2D eigenvalue weighted by Crippen LogP contribution is 2.04. The van der Waals surface area contributed by atoms with Crippen molar-refractivity contribution in [3.8, 4) is 0 Å². The molecular weight excluding hydrogens is 202 g/mol. The van der Waals surface area contributed by atoms with Crippen molar-refractivity contribution < 1.29 is 0 Å². The number of nitrogens with two attached hydrogens (primary N) is 1. The third kappa shape index (κ3) is 2.57. The standard InChI is InChI=1S/C12H11N3O/c13-12-14-10(8-11(16)15-12)7-6-9-4-2-1-3-5-9/h1-8H,(H3,13,14,15,16)/b7-6+. The molecule has 0 aliphatic rings. The average Bonchev–Trinajstić information content (AvgIpc) is 2.27. The molecule has 3 N–H and O–H groups in total. The predicted molar refractivity (Wildman–Crippen MR) is 64.6 cm³/mol. The highest BCUT2D eigenvalue weighted by Gasteiger charge is 1.93. The van der Waals surface area contributed by atoms with E-state index in [1.54, 1.807) is 6.08 Å². The van der Waals surface area contributed by atoms with Crippen LogP contribution in [0.25, 0.3) is 12.2 Å². The molecule has 0 atom stereocenters. The van der Waals surface area contributed by atoms with Crippen LogP contribution in [0.2, 0.25) is 0 Å². The van der Waals surface area contributed by atoms with Crippen LogP contribution in [0.15, 0.2) is 41.2 Å². The molecule has 0 spiro atoms. The number of nitrogen functional groups attached to an aromatic ring is 1. The molecule has 0 saturated carbocycles. The second kappa shape index (κ2) is 4.44. The Morgan fingerprint density at radius 3 is 2.62 bits per heavy atom. The number of hydrogen-bond acceptors (Lipinski definition) is 3. The normalized spacial score (nSPS) is 10.8. The highest BCUT2D eigenvalue weighted by molar-refractivity contribution is 5.67. The lowest BCUT2D eigenvalue weighted by Gasteiger charge is -1.95. The molecule has 0 fully saturated rings. The van der Waals surface area contributed by atoms with Crippen LogP contribution in [0.4, 0.5) is 5.95 Å². The number of anilines is 1. The van der Waals surface area contributed by atoms with E-state index < -0.39 is 0 Å². The van der Waals surface area contributed by atoms with Crippen LogP contribution in [-0.2, 0) is 0 Å². The lowest BCUT2D eigenvalue weighted by molar-refractivity contribution is 1.12. The largest absolute Gasteiger partial charge is 0.369 e. The fourth-order valence-electron chi connectivity index (χ4n) is 1.33. The first kappa shape index (κ1) is 10.2. The molecule has 2 rings (SSSR count). The van der Waals surface area contributed by atoms with Crippen LogP contribution in [0.1, 0.15) is 11.3 Å². The van der Waals surface area contributed by atoms with Crippen LogP contribution < -0.4 is 11.3 Å². The number of aromatic nitrogens is 2. The van der Waals surface area contributed by atoms with Crippen molar-refractivity contribution in [3.63, 3.8) is 0 Å². The number of hydrogen-bond donors (Lipinski definition) is 2. The van der Waals surface area contributed by atoms with E-state index in [1.807, 2.05) is 36.4 Å². The Hall–Kier alpha value is -2.36. The number of aromatic amines is 1. The third-order valence-corrected chi connectivity index (χ3v) is 2.03. The van der Waals surface area contributed by atoms with Crippen LogP contribution >= 0.6 is 0 Å². The van der Waals surface area contributed by atoms with E-state index in [0.29, 0.717) is 5.69 Å². The second-order valence-corrected chi connectivity index (χ2v) is 3.30. The molecule has 0 saturated heterocycles. The van der Waals surface area contributed by atoms with Gasteiger partial charge in [-0.05, 0) is 11.6 Å². The molecule has 4 nitrogen and oxygen atoms in total. The summed E-state index contributed by atoms with van der Waals surface area (Å²) in [5.41, 5.74) is 6.77. The van der Waals surface area contributed by atoms with E-state index in [1.165, 1.54) is 6.07 Å². The fourth-order valence-corrected chi connectivity index (χ4v) is 1.33. The minimum atomic E-state index is -0.250. The molecule has 4 heteroatoms. The van der Waals surface area contributed by atoms with Gasteiger partial charge in [0.1, 0.15) is 0 Å². The van der Waals surface area contributed by atoms with E-state index in [0.717, 1.165) is 5.56 Å². The molecule has 0 bridgehead atoms. The van der Waals surface area contributed by atoms with Crippen molar-refractivity contribution in [2.45, 2.75) is 0 Å². The molecule has 0 aliphatic heterocycles. The molecule has 0 unspecified atom stereocenters. The topological polar surface area (TPSA) is 71.8 Å². The molecule has 16 heavy (non-hydrogen) atoms. The van der Waals surface area contributed by atoms with Gasteiger partial charge in [-0.1, -0.05) is 36.4 Å². The van der Waals surface area contributed by atoms with Crippen molar-refractivity contribution >= 4 is 18.1 Å². The van der Waals surface area contributed by atoms with E-state index in [-0.39, 0.29) is 11.5 Å². The number of benzene rings is 1. The maximum absolute atomic E-state index is 11.1. The van der Waals surface area contributed by atoms with Gasteiger partial charge >= 0.3 is 0 Å². The monoisotopic (exact) mass is 213 g/mol. The number of nitrogens with zero attached hydrogens (tertiary/aromatic N) is 1. The first-order valence-corrected chi connectivity index (χ1v) is 4.84. The third-order valence-electron chi connectivity index (χ3n) is 2.03. The lowest BCUT2D eigenvalue weighted by Crippen LogP contribution is -2.10. The minimum absolute atomic E-state index is 0.125. The Labute approximate surface area is 92.5 Å². The number of rotatable bonds is 2. The van der Waals surface area contributed by atoms with Crippen molar-refractivity contribution in [1.29, 1.82) is 0 Å². The molecular formula is C12H11N3O. The van der Waals surface area contributed by atoms with Crippen LogP contribution in [0.5, 0.6) is 0 Å². The highest BCUT2D eigenvalue weighted by atomic mass is 16.1. The molecule has 0 radical (unpaired) electrons. The maximum Gasteiger partial charge on any atom is 0.252 e. The van der Waals surface area contributed by atoms with Gasteiger partial charge in [-0.25, -0.2) is 4.98 Å². The maximum atomic E-state index is 11.1. The van der Waals surface area contributed by atoms with Gasteiger partial charge in [-0.15, -0.1) is 0 Å². The molecule has 2 aromatic rings. The number of nitrogens with one attached hydrogen (secondary N) is 1. The van der Waals surface area contributed by atoms with Gasteiger partial charge in [0.15, 0.2) is 0 Å². The van der Waals surface area contributed by atoms with Gasteiger partial charge in [0, 0.05) is 6.07 Å². The Balaban J connectivity index is 2.27. The van der Waals surface area contributed by atoms with Gasteiger partial charge in [0.2, 0.25) is 5.95 Å². The van der Waals surface area contributed by atoms with Crippen molar-refractivity contribution in [2.24, 2.45) is 0 Å². The summed E-state index contributed by atoms with van der Waals surface area (Å²) in [5.74, 6) is 0.125. The van der Waals surface area contributed by atoms with Crippen LogP contribution in [0, 0.1) is 0 Å². The Morgan fingerprint density at radius 2 is 1.94 bits per heavy atom. The molecule has 80 valence electrons. The van der Waals surface area contributed by atoms with E-state index >= 15 is 0 Å². The first-order valence-electron chi connectivity index (χ1n) is 4.84. The smallest absolute Gasteiger partial charge is 0.252 e. The molecule has 0 amide bonds. The zero-order valence-electron chi connectivity index (χ0n) is 8.55. The predicted octanol–water partition coefficient (Wildman–Crippen LogP) is 1.52. The lowest BCUT2D eigenvalue weighted by atomic mass is 10.2. The summed E-state index contributed by atoms with van der Waals surface area (Å²) >= 11 is 0. The quantitative estimate of drug-likeness (QED) is 0.794. The average molecular weight is 213 g/mol. The van der Waals surface area contributed by atoms with E-state index in [2.05, 4.69) is 9.97 Å². The summed E-state index contributed by atoms with van der Waals surface area (Å²) in [4.78, 5) is 17.5. The molecule has 1 aromatic heterocycles. The zero-order chi connectivity index (χ0) is 11.4. The summed E-state index contributed by atoms with van der Waals surface area (Å²) in [6, 6.07) is 11.2. The van der Waals surface area contributed by atoms with Gasteiger partial charge in [-0.3, -0.25) is 9.78 Å². The van der Waals surface area contributed by atoms with Gasteiger partial charge in [0.25, 0.3) is 5.56 Å². The zero-order valence-corrected chi connectivity index (χ0v) is 8.55. The first-order chi connectivity index (χ1) is 7.74. The summed E-state index contributed by atoms with van der Waals surface area (Å²) in [6.45, 7) is 0. The van der Waals surface area contributed by atoms with E-state index in [9.17, 15) is 4.79 Å². The van der Waals surface area contributed by atoms with Crippen molar-refractivity contribution in [2.75, 3.05) is 5.73 Å². The van der Waals surface area contributed by atoms with Gasteiger partial charge in [-0.2, -0.15) is 0 Å². The number of H-pyrrole nitrogens is 1. The molecule has 1 aromatic carbocycles. The van der Waals surface area contributed by atoms with Gasteiger partial charge < -0.3 is 5.73 Å². The van der Waals surface area contributed by atoms with Gasteiger partial charge in [0.05, 0.1) is 5.69 Å². The summed E-state index contributed by atoms with van der Waals surface area (Å²) in [5, 5.41) is 0. The molecule has 0 aliphatic carbocycles. The van der Waals surface area contributed by atoms with Crippen molar-refractivity contribution in [3.05, 3.63) is 58.0 Å². The van der Waals surface area contributed by atoms with Crippen molar-refractivity contribution in [1.82, 2.24) is 9.97 Å².